The number of ether oxygens (including phenoxy) is 2. The normalized spacial score (nSPS) is 10.2. The molecule has 128 valence electrons. The Morgan fingerprint density at radius 3 is 2.33 bits per heavy atom. The number of halogens is 3. The highest BCUT2D eigenvalue weighted by Crippen LogP contribution is 2.32. The molecule has 0 aliphatic carbocycles. The zero-order valence-corrected chi connectivity index (χ0v) is 15.2. The Hall–Kier alpha value is -1.82. The fraction of sp³-hybridized carbons (Fsp3) is 0.188. The first kappa shape index (κ1) is 18.5. The number of benzene rings is 2. The monoisotopic (exact) mass is 388 g/mol. The minimum atomic E-state index is -0.288. The van der Waals surface area contributed by atoms with Gasteiger partial charge in [-0.05, 0) is 24.3 Å². The van der Waals surface area contributed by atoms with Crippen molar-refractivity contribution in [2.45, 2.75) is 0 Å². The molecule has 8 heteroatoms. The van der Waals surface area contributed by atoms with Crippen molar-refractivity contribution in [1.82, 2.24) is 0 Å². The predicted molar refractivity (Wildman–Crippen MR) is 98.1 cm³/mol. The van der Waals surface area contributed by atoms with Crippen molar-refractivity contribution in [2.75, 3.05) is 31.4 Å². The summed E-state index contributed by atoms with van der Waals surface area (Å²) in [6, 6.07) is 8.19. The predicted octanol–water partition coefficient (Wildman–Crippen LogP) is 4.71. The Bertz CT molecular complexity index is 754. The summed E-state index contributed by atoms with van der Waals surface area (Å²) in [6.07, 6.45) is 0. The number of amides is 1. The molecule has 5 nitrogen and oxygen atoms in total. The van der Waals surface area contributed by atoms with Crippen LogP contribution in [0.25, 0.3) is 0 Å². The first-order valence-electron chi connectivity index (χ1n) is 6.85. The van der Waals surface area contributed by atoms with Gasteiger partial charge in [0.05, 0.1) is 47.2 Å². The first-order valence-corrected chi connectivity index (χ1v) is 7.98. The van der Waals surface area contributed by atoms with E-state index in [1.165, 1.54) is 13.2 Å². The quantitative estimate of drug-likeness (QED) is 0.702. The molecule has 0 radical (unpaired) electrons. The van der Waals surface area contributed by atoms with Crippen molar-refractivity contribution in [3.8, 4) is 11.5 Å². The number of anilines is 2. The molecule has 2 aromatic rings. The second-order valence-electron chi connectivity index (χ2n) is 4.71. The molecule has 0 aliphatic rings. The third-order valence-electron chi connectivity index (χ3n) is 3.13. The van der Waals surface area contributed by atoms with Crippen LogP contribution in [0.3, 0.4) is 0 Å². The van der Waals surface area contributed by atoms with E-state index >= 15 is 0 Å². The fourth-order valence-corrected chi connectivity index (χ4v) is 2.55. The third-order valence-corrected chi connectivity index (χ3v) is 4.16. The molecule has 0 atom stereocenters. The van der Waals surface area contributed by atoms with Gasteiger partial charge in [-0.3, -0.25) is 4.79 Å². The highest BCUT2D eigenvalue weighted by Gasteiger charge is 2.11. The summed E-state index contributed by atoms with van der Waals surface area (Å²) in [5, 5.41) is 6.71. The third kappa shape index (κ3) is 4.60. The molecular weight excluding hydrogens is 375 g/mol. The van der Waals surface area contributed by atoms with Gasteiger partial charge in [-0.2, -0.15) is 0 Å². The van der Waals surface area contributed by atoms with Crippen molar-refractivity contribution < 1.29 is 14.3 Å². The summed E-state index contributed by atoms with van der Waals surface area (Å²) in [6.45, 7) is -0.0158. The lowest BCUT2D eigenvalue weighted by molar-refractivity contribution is -0.114. The van der Waals surface area contributed by atoms with Crippen LogP contribution in [0.1, 0.15) is 0 Å². The second kappa shape index (κ2) is 8.33. The Morgan fingerprint density at radius 1 is 0.958 bits per heavy atom. The molecule has 0 unspecified atom stereocenters. The summed E-state index contributed by atoms with van der Waals surface area (Å²) in [4.78, 5) is 12.1. The molecule has 0 heterocycles. The molecule has 0 bridgehead atoms. The number of hydrogen-bond acceptors (Lipinski definition) is 4. The van der Waals surface area contributed by atoms with E-state index in [1.807, 2.05) is 0 Å². The first-order chi connectivity index (χ1) is 11.4. The van der Waals surface area contributed by atoms with Crippen LogP contribution in [0.2, 0.25) is 15.1 Å². The maximum absolute atomic E-state index is 12.1. The van der Waals surface area contributed by atoms with Gasteiger partial charge >= 0.3 is 0 Å². The van der Waals surface area contributed by atoms with Crippen LogP contribution in [0.5, 0.6) is 11.5 Å². The Balaban J connectivity index is 2.05. The largest absolute Gasteiger partial charge is 0.497 e. The standard InChI is InChI=1S/C16H15Cl3N2O3/c1-23-9-3-4-15(24-2)14(5-9)21-16(22)8-20-13-7-11(18)10(17)6-12(13)19/h3-7,20H,8H2,1-2H3,(H,21,22). The SMILES string of the molecule is COc1ccc(OC)c(NC(=O)CNc2cc(Cl)c(Cl)cc2Cl)c1. The van der Waals surface area contributed by atoms with Crippen molar-refractivity contribution in [1.29, 1.82) is 0 Å². The molecule has 2 rings (SSSR count). The molecule has 1 amide bonds. The molecule has 0 saturated heterocycles. The van der Waals surface area contributed by atoms with Crippen LogP contribution in [0, 0.1) is 0 Å². The van der Waals surface area contributed by atoms with Gasteiger partial charge in [0.15, 0.2) is 0 Å². The van der Waals surface area contributed by atoms with E-state index in [-0.39, 0.29) is 12.5 Å². The fourth-order valence-electron chi connectivity index (χ4n) is 1.94. The lowest BCUT2D eigenvalue weighted by atomic mass is 10.2. The highest BCUT2D eigenvalue weighted by molar-refractivity contribution is 6.44. The zero-order valence-electron chi connectivity index (χ0n) is 13.0. The molecule has 2 N–H and O–H groups in total. The minimum Gasteiger partial charge on any atom is -0.497 e. The summed E-state index contributed by atoms with van der Waals surface area (Å²) in [7, 11) is 3.06. The topological polar surface area (TPSA) is 59.6 Å². The summed E-state index contributed by atoms with van der Waals surface area (Å²) < 4.78 is 10.4. The van der Waals surface area contributed by atoms with Crippen molar-refractivity contribution >= 4 is 52.1 Å². The Kier molecular flexibility index (Phi) is 6.43. The average Bonchev–Trinajstić information content (AvgIpc) is 2.56. The Morgan fingerprint density at radius 2 is 1.67 bits per heavy atom. The maximum Gasteiger partial charge on any atom is 0.243 e. The van der Waals surface area contributed by atoms with Crippen LogP contribution in [0.15, 0.2) is 30.3 Å². The zero-order chi connectivity index (χ0) is 17.7. The molecule has 0 aliphatic heterocycles. The molecule has 0 saturated carbocycles. The van der Waals surface area contributed by atoms with Gasteiger partial charge in [0.1, 0.15) is 11.5 Å². The van der Waals surface area contributed by atoms with Gasteiger partial charge in [-0.25, -0.2) is 0 Å². The molecule has 0 aromatic heterocycles. The smallest absolute Gasteiger partial charge is 0.243 e. The maximum atomic E-state index is 12.1. The lowest BCUT2D eigenvalue weighted by Gasteiger charge is -2.13. The van der Waals surface area contributed by atoms with Crippen molar-refractivity contribution in [3.63, 3.8) is 0 Å². The van der Waals surface area contributed by atoms with E-state index in [0.717, 1.165) is 0 Å². The molecule has 24 heavy (non-hydrogen) atoms. The van der Waals surface area contributed by atoms with E-state index in [1.54, 1.807) is 31.4 Å². The van der Waals surface area contributed by atoms with Crippen LogP contribution in [-0.4, -0.2) is 26.7 Å². The number of hydrogen-bond donors (Lipinski definition) is 2. The summed E-state index contributed by atoms with van der Waals surface area (Å²) >= 11 is 17.9. The van der Waals surface area contributed by atoms with E-state index in [4.69, 9.17) is 44.3 Å². The van der Waals surface area contributed by atoms with Crippen molar-refractivity contribution in [3.05, 3.63) is 45.4 Å². The van der Waals surface area contributed by atoms with E-state index < -0.39 is 0 Å². The minimum absolute atomic E-state index is 0.0158. The van der Waals surface area contributed by atoms with Crippen molar-refractivity contribution in [2.24, 2.45) is 0 Å². The van der Waals surface area contributed by atoms with Crippen LogP contribution in [-0.2, 0) is 4.79 Å². The van der Waals surface area contributed by atoms with Gasteiger partial charge in [0.2, 0.25) is 5.91 Å². The van der Waals surface area contributed by atoms with Gasteiger partial charge in [-0.1, -0.05) is 34.8 Å². The van der Waals surface area contributed by atoms with E-state index in [2.05, 4.69) is 10.6 Å². The Labute approximate surface area is 154 Å². The summed E-state index contributed by atoms with van der Waals surface area (Å²) in [5.74, 6) is 0.840. The summed E-state index contributed by atoms with van der Waals surface area (Å²) in [5.41, 5.74) is 1.02. The van der Waals surface area contributed by atoms with Crippen LogP contribution >= 0.6 is 34.8 Å². The van der Waals surface area contributed by atoms with Gasteiger partial charge in [0, 0.05) is 6.07 Å². The number of rotatable bonds is 6. The second-order valence-corrected chi connectivity index (χ2v) is 5.94. The van der Waals surface area contributed by atoms with E-state index in [0.29, 0.717) is 37.9 Å². The number of nitrogens with one attached hydrogen (secondary N) is 2. The van der Waals surface area contributed by atoms with Crippen LogP contribution in [0.4, 0.5) is 11.4 Å². The molecule has 0 fully saturated rings. The number of methoxy groups -OCH3 is 2. The number of carbonyl (C=O) groups excluding carboxylic acids is 1. The van der Waals surface area contributed by atoms with E-state index in [9.17, 15) is 4.79 Å². The number of carbonyl (C=O) groups is 1. The molecule has 0 spiro atoms. The molecular formula is C16H15Cl3N2O3. The molecule has 2 aromatic carbocycles. The lowest BCUT2D eigenvalue weighted by Crippen LogP contribution is -2.22. The average molecular weight is 390 g/mol. The van der Waals surface area contributed by atoms with Gasteiger partial charge in [0.25, 0.3) is 0 Å². The highest BCUT2D eigenvalue weighted by atomic mass is 35.5. The van der Waals surface area contributed by atoms with Gasteiger partial charge in [-0.15, -0.1) is 0 Å². The van der Waals surface area contributed by atoms with Gasteiger partial charge < -0.3 is 20.1 Å². The van der Waals surface area contributed by atoms with Crippen LogP contribution < -0.4 is 20.1 Å².